The number of fused-ring (bicyclic) bond motifs is 2. The van der Waals surface area contributed by atoms with Gasteiger partial charge in [-0.3, -0.25) is 0 Å². The lowest BCUT2D eigenvalue weighted by atomic mass is 9.89. The van der Waals surface area contributed by atoms with Gasteiger partial charge in [0, 0.05) is 36.7 Å². The first-order chi connectivity index (χ1) is 12.9. The van der Waals surface area contributed by atoms with Crippen molar-refractivity contribution in [3.8, 4) is 17.2 Å². The number of ether oxygens (including phenoxy) is 2. The van der Waals surface area contributed by atoms with Crippen molar-refractivity contribution in [2.24, 2.45) is 4.40 Å². The van der Waals surface area contributed by atoms with Crippen LogP contribution >= 0.6 is 11.9 Å². The fourth-order valence-electron chi connectivity index (χ4n) is 4.01. The van der Waals surface area contributed by atoms with Crippen molar-refractivity contribution in [1.29, 1.82) is 0 Å². The summed E-state index contributed by atoms with van der Waals surface area (Å²) < 4.78 is 16.4. The molecule has 3 aliphatic heterocycles. The molecule has 0 spiro atoms. The smallest absolute Gasteiger partial charge is 0.127 e. The highest BCUT2D eigenvalue weighted by molar-refractivity contribution is 7.98. The Hall–Kier alpha value is -2.14. The average molecular weight is 366 g/mol. The third-order valence-electron chi connectivity index (χ3n) is 5.35. The maximum absolute atomic E-state index is 6.05. The Morgan fingerprint density at radius 2 is 1.96 bits per heavy atom. The summed E-state index contributed by atoms with van der Waals surface area (Å²) in [6.45, 7) is 3.05. The first kappa shape index (κ1) is 16.1. The molecule has 0 N–H and O–H groups in total. The van der Waals surface area contributed by atoms with Crippen LogP contribution < -0.4 is 9.47 Å². The van der Waals surface area contributed by atoms with Crippen LogP contribution in [0.3, 0.4) is 0 Å². The van der Waals surface area contributed by atoms with Crippen LogP contribution in [0.1, 0.15) is 29.9 Å². The fraction of sp³-hybridized carbons (Fsp3) is 0.381. The van der Waals surface area contributed by atoms with E-state index >= 15 is 0 Å². The molecule has 0 amide bonds. The summed E-state index contributed by atoms with van der Waals surface area (Å²) in [4.78, 5) is 2.46. The van der Waals surface area contributed by atoms with Gasteiger partial charge in [-0.2, -0.15) is 0 Å². The molecule has 26 heavy (non-hydrogen) atoms. The molecule has 0 aromatic heterocycles. The van der Waals surface area contributed by atoms with Crippen LogP contribution in [0.4, 0.5) is 0 Å². The zero-order chi connectivity index (χ0) is 17.3. The van der Waals surface area contributed by atoms with Gasteiger partial charge in [0.25, 0.3) is 0 Å². The minimum absolute atomic E-state index is 0.419. The highest BCUT2D eigenvalue weighted by Gasteiger charge is 2.29. The summed E-state index contributed by atoms with van der Waals surface area (Å²) >= 11 is 1.71. The third kappa shape index (κ3) is 3.05. The van der Waals surface area contributed by atoms with Gasteiger partial charge in [-0.05, 0) is 60.7 Å². The first-order valence-electron chi connectivity index (χ1n) is 9.35. The molecule has 0 radical (unpaired) electrons. The zero-order valence-corrected chi connectivity index (χ0v) is 15.5. The summed E-state index contributed by atoms with van der Waals surface area (Å²) in [5.41, 5.74) is 2.57. The SMILES string of the molecule is c1cc(C2CCCN3CCSN=C23)ccc1Oc1ccc2c(c1)CCO2. The average Bonchev–Trinajstić information content (AvgIpc) is 3.16. The van der Waals surface area contributed by atoms with E-state index in [9.17, 15) is 0 Å². The van der Waals surface area contributed by atoms with Crippen molar-refractivity contribution < 1.29 is 9.47 Å². The molecule has 1 fully saturated rings. The lowest BCUT2D eigenvalue weighted by molar-refractivity contribution is 0.356. The molecule has 3 aliphatic rings. The predicted molar refractivity (Wildman–Crippen MR) is 106 cm³/mol. The monoisotopic (exact) mass is 366 g/mol. The van der Waals surface area contributed by atoms with E-state index < -0.39 is 0 Å². The molecule has 0 aliphatic carbocycles. The van der Waals surface area contributed by atoms with Crippen LogP contribution in [-0.2, 0) is 6.42 Å². The van der Waals surface area contributed by atoms with E-state index in [4.69, 9.17) is 13.9 Å². The largest absolute Gasteiger partial charge is 0.493 e. The van der Waals surface area contributed by atoms with Crippen molar-refractivity contribution in [2.75, 3.05) is 25.4 Å². The van der Waals surface area contributed by atoms with E-state index in [0.29, 0.717) is 5.92 Å². The van der Waals surface area contributed by atoms with Gasteiger partial charge in [0.15, 0.2) is 0 Å². The molecule has 0 bridgehead atoms. The molecule has 3 heterocycles. The topological polar surface area (TPSA) is 34.1 Å². The number of piperidine rings is 1. The standard InChI is InChI=1S/C21H22N2O2S/c1-2-19(21-22-26-13-11-23(21)10-1)15-3-5-17(6-4-15)25-18-7-8-20-16(14-18)9-12-24-20/h3-8,14,19H,1-2,9-13H2. The molecule has 0 saturated carbocycles. The second kappa shape index (κ2) is 6.88. The minimum Gasteiger partial charge on any atom is -0.493 e. The Bertz CT molecular complexity index is 834. The van der Waals surface area contributed by atoms with E-state index in [1.807, 2.05) is 12.1 Å². The van der Waals surface area contributed by atoms with Crippen molar-refractivity contribution >= 4 is 17.8 Å². The van der Waals surface area contributed by atoms with Crippen LogP contribution in [0.5, 0.6) is 17.2 Å². The highest BCUT2D eigenvalue weighted by atomic mass is 32.2. The summed E-state index contributed by atoms with van der Waals surface area (Å²) in [7, 11) is 0. The molecule has 5 rings (SSSR count). The van der Waals surface area contributed by atoms with E-state index in [2.05, 4.69) is 35.2 Å². The second-order valence-electron chi connectivity index (χ2n) is 7.00. The van der Waals surface area contributed by atoms with Crippen molar-refractivity contribution in [3.05, 3.63) is 53.6 Å². The Morgan fingerprint density at radius 1 is 1.08 bits per heavy atom. The van der Waals surface area contributed by atoms with Gasteiger partial charge < -0.3 is 14.4 Å². The van der Waals surface area contributed by atoms with E-state index in [0.717, 1.165) is 49.1 Å². The number of rotatable bonds is 3. The fourth-order valence-corrected chi connectivity index (χ4v) is 4.78. The molecule has 1 unspecified atom stereocenters. The van der Waals surface area contributed by atoms with E-state index in [1.165, 1.54) is 29.8 Å². The lowest BCUT2D eigenvalue weighted by Crippen LogP contribution is -2.42. The van der Waals surface area contributed by atoms with Crippen LogP contribution in [0.15, 0.2) is 46.9 Å². The molecular weight excluding hydrogens is 344 g/mol. The maximum atomic E-state index is 6.05. The lowest BCUT2D eigenvalue weighted by Gasteiger charge is -2.37. The molecule has 4 nitrogen and oxygen atoms in total. The van der Waals surface area contributed by atoms with E-state index in [-0.39, 0.29) is 0 Å². The Balaban J connectivity index is 1.33. The van der Waals surface area contributed by atoms with Crippen molar-refractivity contribution in [2.45, 2.75) is 25.2 Å². The number of benzene rings is 2. The van der Waals surface area contributed by atoms with Crippen LogP contribution in [0.25, 0.3) is 0 Å². The Morgan fingerprint density at radius 3 is 2.88 bits per heavy atom. The van der Waals surface area contributed by atoms with E-state index in [1.54, 1.807) is 11.9 Å². The van der Waals surface area contributed by atoms with Gasteiger partial charge in [-0.15, -0.1) is 0 Å². The van der Waals surface area contributed by atoms with Crippen LogP contribution in [-0.4, -0.2) is 36.2 Å². The molecule has 134 valence electrons. The molecule has 1 saturated heterocycles. The highest BCUT2D eigenvalue weighted by Crippen LogP contribution is 2.35. The number of nitrogens with zero attached hydrogens (tertiary/aromatic N) is 2. The molecule has 2 aromatic carbocycles. The first-order valence-corrected chi connectivity index (χ1v) is 10.3. The summed E-state index contributed by atoms with van der Waals surface area (Å²) in [6.07, 6.45) is 3.38. The Kier molecular flexibility index (Phi) is 4.25. The van der Waals surface area contributed by atoms with Gasteiger partial charge in [-0.1, -0.05) is 12.1 Å². The number of hydrogen-bond acceptors (Lipinski definition) is 5. The van der Waals surface area contributed by atoms with Gasteiger partial charge in [0.1, 0.15) is 23.1 Å². The summed E-state index contributed by atoms with van der Waals surface area (Å²) in [5, 5.41) is 0. The molecule has 5 heteroatoms. The minimum atomic E-state index is 0.419. The summed E-state index contributed by atoms with van der Waals surface area (Å²) in [5.74, 6) is 5.52. The maximum Gasteiger partial charge on any atom is 0.127 e. The van der Waals surface area contributed by atoms with Crippen LogP contribution in [0, 0.1) is 0 Å². The quantitative estimate of drug-likeness (QED) is 0.740. The van der Waals surface area contributed by atoms with Gasteiger partial charge in [-0.25, -0.2) is 4.40 Å². The molecule has 1 atom stereocenters. The van der Waals surface area contributed by atoms with Gasteiger partial charge >= 0.3 is 0 Å². The molecule has 2 aromatic rings. The third-order valence-corrected chi connectivity index (χ3v) is 6.03. The molecular formula is C21H22N2O2S. The Labute approximate surface area is 158 Å². The number of hydrogen-bond donors (Lipinski definition) is 0. The van der Waals surface area contributed by atoms with Gasteiger partial charge in [0.2, 0.25) is 0 Å². The van der Waals surface area contributed by atoms with Crippen LogP contribution in [0.2, 0.25) is 0 Å². The second-order valence-corrected chi connectivity index (χ2v) is 7.85. The summed E-state index contributed by atoms with van der Waals surface area (Å²) in [6, 6.07) is 14.6. The number of amidine groups is 1. The van der Waals surface area contributed by atoms with Gasteiger partial charge in [0.05, 0.1) is 6.61 Å². The zero-order valence-electron chi connectivity index (χ0n) is 14.7. The van der Waals surface area contributed by atoms with Crippen molar-refractivity contribution in [1.82, 2.24) is 4.90 Å². The van der Waals surface area contributed by atoms with Crippen molar-refractivity contribution in [3.63, 3.8) is 0 Å². The predicted octanol–water partition coefficient (Wildman–Crippen LogP) is 4.65. The normalized spacial score (nSPS) is 21.5.